The second kappa shape index (κ2) is 6.49. The zero-order valence-electron chi connectivity index (χ0n) is 6.87. The van der Waals surface area contributed by atoms with E-state index in [1.165, 1.54) is 0 Å². The van der Waals surface area contributed by atoms with Crippen LogP contribution in [-0.2, 0) is 9.53 Å². The Bertz CT molecular complexity index is 116. The molecule has 1 N–H and O–H groups in total. The van der Waals surface area contributed by atoms with E-state index >= 15 is 0 Å². The number of carbonyl (C=O) groups is 1. The van der Waals surface area contributed by atoms with Crippen LogP contribution in [0.4, 0.5) is 0 Å². The molecular weight excluding hydrogens is 164 g/mol. The Morgan fingerprint density at radius 1 is 1.73 bits per heavy atom. The number of rotatable bonds is 6. The monoisotopic (exact) mass is 178 g/mol. The number of hydrogen-bond acceptors (Lipinski definition) is 3. The van der Waals surface area contributed by atoms with Crippen molar-refractivity contribution in [2.75, 3.05) is 18.6 Å². The van der Waals surface area contributed by atoms with Crippen molar-refractivity contribution in [2.24, 2.45) is 0 Å². The fourth-order valence-electron chi connectivity index (χ4n) is 0.535. The molecule has 1 atom stereocenters. The molecule has 0 aromatic carbocycles. The standard InChI is InChI=1S/C7H14O3S/c1-6(7(8)9)10-4-3-5-11-2/h6H,3-5H2,1-2H3,(H,8,9)/t6-/m0/s1. The summed E-state index contributed by atoms with van der Waals surface area (Å²) in [6.07, 6.45) is 2.26. The maximum absolute atomic E-state index is 10.2. The summed E-state index contributed by atoms with van der Waals surface area (Å²) in [5.41, 5.74) is 0. The summed E-state index contributed by atoms with van der Waals surface area (Å²) in [5.74, 6) is 0.126. The summed E-state index contributed by atoms with van der Waals surface area (Å²) >= 11 is 1.73. The summed E-state index contributed by atoms with van der Waals surface area (Å²) in [6, 6.07) is 0. The average molecular weight is 178 g/mol. The molecule has 0 aromatic heterocycles. The van der Waals surface area contributed by atoms with Crippen molar-refractivity contribution < 1.29 is 14.6 Å². The summed E-state index contributed by atoms with van der Waals surface area (Å²) in [4.78, 5) is 10.2. The fourth-order valence-corrected chi connectivity index (χ4v) is 0.941. The molecule has 3 nitrogen and oxygen atoms in total. The van der Waals surface area contributed by atoms with E-state index in [-0.39, 0.29) is 0 Å². The molecule has 0 radical (unpaired) electrons. The Balaban J connectivity index is 3.17. The molecule has 0 rings (SSSR count). The number of thioether (sulfide) groups is 1. The average Bonchev–Trinajstić information content (AvgIpc) is 1.97. The number of hydrogen-bond donors (Lipinski definition) is 1. The Labute approximate surface area is 71.1 Å². The van der Waals surface area contributed by atoms with Gasteiger partial charge in [-0.15, -0.1) is 0 Å². The van der Waals surface area contributed by atoms with E-state index in [0.29, 0.717) is 6.61 Å². The SMILES string of the molecule is CSCCCO[C@@H](C)C(=O)O. The molecule has 0 amide bonds. The quantitative estimate of drug-likeness (QED) is 0.621. The first-order valence-corrected chi connectivity index (χ1v) is 4.91. The first-order valence-electron chi connectivity index (χ1n) is 3.52. The van der Waals surface area contributed by atoms with Gasteiger partial charge in [0, 0.05) is 6.61 Å². The number of ether oxygens (including phenoxy) is 1. The van der Waals surface area contributed by atoms with Crippen molar-refractivity contribution in [3.8, 4) is 0 Å². The molecule has 0 bridgehead atoms. The highest BCUT2D eigenvalue weighted by atomic mass is 32.2. The van der Waals surface area contributed by atoms with Gasteiger partial charge in [0.2, 0.25) is 0 Å². The Hall–Kier alpha value is -0.220. The van der Waals surface area contributed by atoms with Gasteiger partial charge in [0.15, 0.2) is 6.10 Å². The van der Waals surface area contributed by atoms with Gasteiger partial charge in [-0.1, -0.05) is 0 Å². The third kappa shape index (κ3) is 6.19. The smallest absolute Gasteiger partial charge is 0.332 e. The zero-order chi connectivity index (χ0) is 8.69. The summed E-state index contributed by atoms with van der Waals surface area (Å²) in [6.45, 7) is 2.08. The van der Waals surface area contributed by atoms with Crippen LogP contribution < -0.4 is 0 Å². The van der Waals surface area contributed by atoms with Crippen LogP contribution >= 0.6 is 11.8 Å². The van der Waals surface area contributed by atoms with Crippen molar-refractivity contribution in [1.82, 2.24) is 0 Å². The third-order valence-electron chi connectivity index (χ3n) is 1.21. The van der Waals surface area contributed by atoms with Gasteiger partial charge in [-0.2, -0.15) is 11.8 Å². The molecule has 0 aliphatic heterocycles. The van der Waals surface area contributed by atoms with Crippen molar-refractivity contribution >= 4 is 17.7 Å². The minimum atomic E-state index is -0.894. The van der Waals surface area contributed by atoms with Gasteiger partial charge in [0.1, 0.15) is 0 Å². The highest BCUT2D eigenvalue weighted by molar-refractivity contribution is 7.98. The number of carboxylic acids is 1. The lowest BCUT2D eigenvalue weighted by atomic mass is 10.4. The van der Waals surface area contributed by atoms with Gasteiger partial charge in [0.05, 0.1) is 0 Å². The van der Waals surface area contributed by atoms with E-state index in [9.17, 15) is 4.79 Å². The van der Waals surface area contributed by atoms with Gasteiger partial charge in [-0.3, -0.25) is 0 Å². The molecule has 0 aliphatic rings. The predicted molar refractivity (Wildman–Crippen MR) is 46.0 cm³/mol. The van der Waals surface area contributed by atoms with Crippen molar-refractivity contribution in [3.63, 3.8) is 0 Å². The van der Waals surface area contributed by atoms with Crippen molar-refractivity contribution in [1.29, 1.82) is 0 Å². The maximum Gasteiger partial charge on any atom is 0.332 e. The van der Waals surface area contributed by atoms with Crippen LogP contribution in [0.2, 0.25) is 0 Å². The molecule has 0 saturated carbocycles. The molecule has 11 heavy (non-hydrogen) atoms. The topological polar surface area (TPSA) is 46.5 Å². The number of aliphatic carboxylic acids is 1. The molecular formula is C7H14O3S. The van der Waals surface area contributed by atoms with Crippen LogP contribution in [0, 0.1) is 0 Å². The molecule has 0 heterocycles. The molecule has 0 spiro atoms. The predicted octanol–water partition coefficient (Wildman–Crippen LogP) is 1.23. The lowest BCUT2D eigenvalue weighted by Crippen LogP contribution is -2.20. The fraction of sp³-hybridized carbons (Fsp3) is 0.857. The lowest BCUT2D eigenvalue weighted by Gasteiger charge is -2.06. The molecule has 66 valence electrons. The third-order valence-corrected chi connectivity index (χ3v) is 1.91. The molecule has 4 heteroatoms. The molecule has 0 saturated heterocycles. The van der Waals surface area contributed by atoms with E-state index in [1.54, 1.807) is 18.7 Å². The second-order valence-corrected chi connectivity index (χ2v) is 3.18. The van der Waals surface area contributed by atoms with E-state index in [4.69, 9.17) is 9.84 Å². The van der Waals surface area contributed by atoms with Gasteiger partial charge in [0.25, 0.3) is 0 Å². The Morgan fingerprint density at radius 3 is 2.82 bits per heavy atom. The van der Waals surface area contributed by atoms with Gasteiger partial charge < -0.3 is 9.84 Å². The van der Waals surface area contributed by atoms with Crippen LogP contribution in [-0.4, -0.2) is 35.8 Å². The van der Waals surface area contributed by atoms with E-state index < -0.39 is 12.1 Å². The first-order chi connectivity index (χ1) is 5.18. The molecule has 0 aliphatic carbocycles. The highest BCUT2D eigenvalue weighted by Crippen LogP contribution is 1.98. The van der Waals surface area contributed by atoms with Crippen LogP contribution in [0.3, 0.4) is 0 Å². The van der Waals surface area contributed by atoms with Crippen molar-refractivity contribution in [3.05, 3.63) is 0 Å². The molecule has 0 unspecified atom stereocenters. The summed E-state index contributed by atoms with van der Waals surface area (Å²) in [5, 5.41) is 8.41. The van der Waals surface area contributed by atoms with Crippen LogP contribution in [0.25, 0.3) is 0 Å². The maximum atomic E-state index is 10.2. The highest BCUT2D eigenvalue weighted by Gasteiger charge is 2.09. The first kappa shape index (κ1) is 10.8. The van der Waals surface area contributed by atoms with Crippen molar-refractivity contribution in [2.45, 2.75) is 19.4 Å². The Morgan fingerprint density at radius 2 is 2.36 bits per heavy atom. The van der Waals surface area contributed by atoms with Crippen LogP contribution in [0.1, 0.15) is 13.3 Å². The van der Waals surface area contributed by atoms with E-state index in [0.717, 1.165) is 12.2 Å². The minimum absolute atomic E-state index is 0.536. The van der Waals surface area contributed by atoms with Gasteiger partial charge >= 0.3 is 5.97 Å². The van der Waals surface area contributed by atoms with E-state index in [2.05, 4.69) is 0 Å². The van der Waals surface area contributed by atoms with Crippen LogP contribution in [0.15, 0.2) is 0 Å². The molecule has 0 aromatic rings. The summed E-state index contributed by atoms with van der Waals surface area (Å²) < 4.78 is 4.99. The molecule has 0 fully saturated rings. The van der Waals surface area contributed by atoms with Gasteiger partial charge in [-0.05, 0) is 25.4 Å². The number of carboxylic acid groups (broad SMARTS) is 1. The zero-order valence-corrected chi connectivity index (χ0v) is 7.69. The van der Waals surface area contributed by atoms with Crippen LogP contribution in [0.5, 0.6) is 0 Å². The Kier molecular flexibility index (Phi) is 6.36. The van der Waals surface area contributed by atoms with Gasteiger partial charge in [-0.25, -0.2) is 4.79 Å². The largest absolute Gasteiger partial charge is 0.479 e. The second-order valence-electron chi connectivity index (χ2n) is 2.20. The van der Waals surface area contributed by atoms with E-state index in [1.807, 2.05) is 6.26 Å². The normalized spacial score (nSPS) is 12.9. The lowest BCUT2D eigenvalue weighted by molar-refractivity contribution is -0.149. The minimum Gasteiger partial charge on any atom is -0.479 e. The summed E-state index contributed by atoms with van der Waals surface area (Å²) in [7, 11) is 0.